The Balaban J connectivity index is 1.18. The van der Waals surface area contributed by atoms with E-state index in [9.17, 15) is 13.2 Å². The summed E-state index contributed by atoms with van der Waals surface area (Å²) < 4.78 is 48.2. The smallest absolute Gasteiger partial charge is 0.263 e. The van der Waals surface area contributed by atoms with Gasteiger partial charge >= 0.3 is 0 Å². The largest absolute Gasteiger partial charge is 0.361 e. The van der Waals surface area contributed by atoms with Gasteiger partial charge in [-0.1, -0.05) is 48.5 Å². The Morgan fingerprint density at radius 3 is 2.29 bits per heavy atom. The van der Waals surface area contributed by atoms with Gasteiger partial charge in [0.1, 0.15) is 12.1 Å². The summed E-state index contributed by atoms with van der Waals surface area (Å²) in [6, 6.07) is 26.3. The van der Waals surface area contributed by atoms with E-state index in [-0.39, 0.29) is 23.2 Å². The van der Waals surface area contributed by atoms with Crippen molar-refractivity contribution >= 4 is 27.4 Å². The number of hydrogen-bond donors (Lipinski definition) is 1. The Kier molecular flexibility index (Phi) is 7.12. The van der Waals surface area contributed by atoms with Crippen LogP contribution in [0.5, 0.6) is 0 Å². The molecule has 0 saturated carbocycles. The molecule has 4 aromatic rings. The van der Waals surface area contributed by atoms with Crippen LogP contribution in [0.25, 0.3) is 5.69 Å². The highest BCUT2D eigenvalue weighted by Crippen LogP contribution is 2.38. The van der Waals surface area contributed by atoms with E-state index in [2.05, 4.69) is 9.82 Å². The number of para-hydroxylation sites is 1. The molecular weight excluding hydrogens is 544 g/mol. The number of nitrogens with one attached hydrogen (secondary N) is 1. The number of nitrogens with zero attached hydrogens (tertiary/aromatic N) is 3. The number of amides is 1. The molecule has 0 unspecified atom stereocenters. The molecular formula is C30H30N4O6S. The van der Waals surface area contributed by atoms with Gasteiger partial charge in [-0.25, -0.2) is 13.1 Å². The monoisotopic (exact) mass is 574 g/mol. The van der Waals surface area contributed by atoms with Crippen molar-refractivity contribution in [2.75, 3.05) is 16.2 Å². The average Bonchev–Trinajstić information content (AvgIpc) is 3.58. The van der Waals surface area contributed by atoms with Crippen molar-refractivity contribution in [2.45, 2.75) is 49.4 Å². The molecule has 0 spiro atoms. The van der Waals surface area contributed by atoms with E-state index in [1.54, 1.807) is 34.0 Å². The second-order valence-electron chi connectivity index (χ2n) is 10.4. The van der Waals surface area contributed by atoms with Gasteiger partial charge in [-0.15, -0.1) is 5.10 Å². The fourth-order valence-corrected chi connectivity index (χ4v) is 6.04. The molecule has 41 heavy (non-hydrogen) atoms. The minimum absolute atomic E-state index is 0.0403. The maximum Gasteiger partial charge on any atom is 0.263 e. The normalized spacial score (nSPS) is 22.0. The van der Waals surface area contributed by atoms with Crippen molar-refractivity contribution in [1.82, 2.24) is 9.78 Å². The van der Waals surface area contributed by atoms with Crippen LogP contribution in [0.4, 0.5) is 11.5 Å². The third-order valence-corrected chi connectivity index (χ3v) is 8.42. The maximum atomic E-state index is 13.3. The minimum Gasteiger partial charge on any atom is -0.361 e. The van der Waals surface area contributed by atoms with Gasteiger partial charge in [-0.3, -0.25) is 9.52 Å². The quantitative estimate of drug-likeness (QED) is 0.299. The highest BCUT2D eigenvalue weighted by molar-refractivity contribution is 7.92. The van der Waals surface area contributed by atoms with Gasteiger partial charge < -0.3 is 19.1 Å². The van der Waals surface area contributed by atoms with Crippen molar-refractivity contribution < 1.29 is 27.4 Å². The zero-order valence-corrected chi connectivity index (χ0v) is 23.4. The number of carbonyl (C=O) groups is 1. The predicted octanol–water partition coefficient (Wildman–Crippen LogP) is 4.13. The molecule has 2 aliphatic heterocycles. The van der Waals surface area contributed by atoms with Crippen LogP contribution in [0.15, 0.2) is 102 Å². The first-order valence-electron chi connectivity index (χ1n) is 13.2. The van der Waals surface area contributed by atoms with Crippen LogP contribution in [-0.4, -0.2) is 54.7 Å². The van der Waals surface area contributed by atoms with Crippen molar-refractivity contribution in [3.8, 4) is 5.69 Å². The van der Waals surface area contributed by atoms with Crippen molar-refractivity contribution in [3.05, 3.63) is 103 Å². The van der Waals surface area contributed by atoms with Gasteiger partial charge in [-0.05, 0) is 55.8 Å². The second kappa shape index (κ2) is 10.7. The second-order valence-corrected chi connectivity index (χ2v) is 12.0. The molecule has 6 rings (SSSR count). The van der Waals surface area contributed by atoms with Crippen LogP contribution in [-0.2, 0) is 35.6 Å². The molecule has 3 atom stereocenters. The molecule has 1 amide bonds. The Morgan fingerprint density at radius 2 is 1.63 bits per heavy atom. The van der Waals surface area contributed by atoms with E-state index >= 15 is 0 Å². The van der Waals surface area contributed by atoms with Crippen LogP contribution in [0.2, 0.25) is 0 Å². The summed E-state index contributed by atoms with van der Waals surface area (Å²) in [4.78, 5) is 15.0. The topological polar surface area (TPSA) is 112 Å². The summed E-state index contributed by atoms with van der Waals surface area (Å²) in [5.41, 5.74) is 2.31. The van der Waals surface area contributed by atoms with Gasteiger partial charge in [0.15, 0.2) is 17.7 Å². The fourth-order valence-electron chi connectivity index (χ4n) is 5.04. The fraction of sp³-hybridized carbons (Fsp3) is 0.267. The highest BCUT2D eigenvalue weighted by Gasteiger charge is 2.56. The number of ether oxygens (including phenoxy) is 3. The molecule has 2 saturated heterocycles. The summed E-state index contributed by atoms with van der Waals surface area (Å²) in [5, 5.41) is 4.32. The molecule has 2 aliphatic rings. The summed E-state index contributed by atoms with van der Waals surface area (Å²) in [6.07, 6.45) is 0.550. The van der Waals surface area contributed by atoms with Crippen LogP contribution in [0.3, 0.4) is 0 Å². The van der Waals surface area contributed by atoms with Crippen LogP contribution in [0, 0.1) is 0 Å². The minimum atomic E-state index is -3.92. The van der Waals surface area contributed by atoms with Gasteiger partial charge in [0.25, 0.3) is 15.9 Å². The molecule has 1 N–H and O–H groups in total. The maximum absolute atomic E-state index is 13.3. The first kappa shape index (κ1) is 27.2. The predicted molar refractivity (Wildman–Crippen MR) is 152 cm³/mol. The average molecular weight is 575 g/mol. The summed E-state index contributed by atoms with van der Waals surface area (Å²) in [5.74, 6) is -0.814. The number of anilines is 2. The van der Waals surface area contributed by atoms with Crippen LogP contribution in [0.1, 0.15) is 19.4 Å². The number of rotatable bonds is 9. The third-order valence-electron chi connectivity index (χ3n) is 7.05. The van der Waals surface area contributed by atoms with E-state index in [1.165, 1.54) is 12.1 Å². The lowest BCUT2D eigenvalue weighted by atomic mass is 9.91. The van der Waals surface area contributed by atoms with E-state index in [0.29, 0.717) is 12.3 Å². The summed E-state index contributed by atoms with van der Waals surface area (Å²) in [6.45, 7) is 4.24. The lowest BCUT2D eigenvalue weighted by molar-refractivity contribution is -0.164. The van der Waals surface area contributed by atoms with Gasteiger partial charge in [0.2, 0.25) is 0 Å². The summed E-state index contributed by atoms with van der Waals surface area (Å²) >= 11 is 0. The zero-order chi connectivity index (χ0) is 28.6. The Morgan fingerprint density at radius 1 is 0.951 bits per heavy atom. The molecule has 0 radical (unpaired) electrons. The molecule has 0 aliphatic carbocycles. The number of β-lactam (4-membered cyclic amide) rings is 1. The lowest BCUT2D eigenvalue weighted by Gasteiger charge is -2.48. The van der Waals surface area contributed by atoms with Crippen LogP contribution < -0.4 is 9.62 Å². The van der Waals surface area contributed by atoms with Crippen molar-refractivity contribution in [3.63, 3.8) is 0 Å². The molecule has 1 aromatic heterocycles. The number of carbonyl (C=O) groups excluding carboxylic acids is 1. The first-order valence-corrected chi connectivity index (χ1v) is 14.7. The number of aromatic nitrogens is 2. The van der Waals surface area contributed by atoms with E-state index in [0.717, 1.165) is 11.3 Å². The molecule has 3 aromatic carbocycles. The Bertz CT molecular complexity index is 1620. The van der Waals surface area contributed by atoms with E-state index in [4.69, 9.17) is 14.2 Å². The SMILES string of the molecule is CC1(C)OC[C@@H]([C@@H]2[C@H](OCc3ccccc3)C(=O)N2c2ccc(S(=O)(=O)Nc3ccn(-c4ccccc4)n3)cc2)O1. The molecule has 212 valence electrons. The molecule has 3 heterocycles. The van der Waals surface area contributed by atoms with Gasteiger partial charge in [0.05, 0.1) is 23.8 Å². The lowest BCUT2D eigenvalue weighted by Crippen LogP contribution is -2.70. The standard InChI is InChI=1S/C30H30N4O6S/c1-30(2)39-20-25(40-30)27-28(38-19-21-9-5-3-6-10-21)29(35)34(27)23-13-15-24(16-14-23)41(36,37)32-26-17-18-33(31-26)22-11-7-4-8-12-22/h3-18,25,27-28H,19-20H2,1-2H3,(H,31,32)/t25-,27+,28-/m0/s1. The Labute approximate surface area is 238 Å². The zero-order valence-electron chi connectivity index (χ0n) is 22.6. The van der Waals surface area contributed by atoms with E-state index < -0.39 is 34.1 Å². The van der Waals surface area contributed by atoms with Gasteiger partial charge in [-0.2, -0.15) is 0 Å². The number of benzene rings is 3. The van der Waals surface area contributed by atoms with E-state index in [1.807, 2.05) is 74.5 Å². The summed E-state index contributed by atoms with van der Waals surface area (Å²) in [7, 11) is -3.92. The van der Waals surface area contributed by atoms with Crippen LogP contribution >= 0.6 is 0 Å². The van der Waals surface area contributed by atoms with Gasteiger partial charge in [0, 0.05) is 18.0 Å². The van der Waals surface area contributed by atoms with Crippen molar-refractivity contribution in [2.24, 2.45) is 0 Å². The molecule has 10 nitrogen and oxygen atoms in total. The highest BCUT2D eigenvalue weighted by atomic mass is 32.2. The number of sulfonamides is 1. The Hall–Kier alpha value is -4.03. The molecule has 11 heteroatoms. The molecule has 0 bridgehead atoms. The number of hydrogen-bond acceptors (Lipinski definition) is 7. The first-order chi connectivity index (χ1) is 19.7. The third kappa shape index (κ3) is 5.62. The molecule has 2 fully saturated rings. The van der Waals surface area contributed by atoms with Crippen molar-refractivity contribution in [1.29, 1.82) is 0 Å².